The Morgan fingerprint density at radius 3 is 2.50 bits per heavy atom. The fraction of sp³-hybridized carbons (Fsp3) is 0.619. The van der Waals surface area contributed by atoms with Crippen LogP contribution < -0.4 is 5.32 Å². The number of carbonyl (C=O) groups is 2. The van der Waals surface area contributed by atoms with Crippen LogP contribution in [0.3, 0.4) is 0 Å². The van der Waals surface area contributed by atoms with Crippen LogP contribution in [-0.2, 0) is 16.1 Å². The van der Waals surface area contributed by atoms with Crippen LogP contribution in [-0.4, -0.2) is 53.8 Å². The number of amides is 2. The lowest BCUT2D eigenvalue weighted by atomic mass is 9.92. The fourth-order valence-corrected chi connectivity index (χ4v) is 4.11. The van der Waals surface area contributed by atoms with E-state index in [2.05, 4.69) is 34.5 Å². The molecule has 1 unspecified atom stereocenters. The van der Waals surface area contributed by atoms with Crippen molar-refractivity contribution in [3.8, 4) is 0 Å². The summed E-state index contributed by atoms with van der Waals surface area (Å²) in [5, 5.41) is 3.22. The molecule has 2 amide bonds. The number of hydrogen-bond acceptors (Lipinski definition) is 3. The van der Waals surface area contributed by atoms with Crippen molar-refractivity contribution in [1.29, 1.82) is 0 Å². The lowest BCUT2D eigenvalue weighted by Crippen LogP contribution is -2.38. The van der Waals surface area contributed by atoms with Crippen molar-refractivity contribution in [3.05, 3.63) is 35.9 Å². The van der Waals surface area contributed by atoms with Gasteiger partial charge in [-0.05, 0) is 37.2 Å². The minimum absolute atomic E-state index is 0.169. The first-order valence-electron chi connectivity index (χ1n) is 9.91. The van der Waals surface area contributed by atoms with Crippen molar-refractivity contribution in [2.24, 2.45) is 5.92 Å². The van der Waals surface area contributed by atoms with Gasteiger partial charge < -0.3 is 10.2 Å². The highest BCUT2D eigenvalue weighted by atomic mass is 16.2. The van der Waals surface area contributed by atoms with E-state index in [-0.39, 0.29) is 17.9 Å². The van der Waals surface area contributed by atoms with Gasteiger partial charge in [0.05, 0.1) is 0 Å². The summed E-state index contributed by atoms with van der Waals surface area (Å²) < 4.78 is 0. The average Bonchev–Trinajstić information content (AvgIpc) is 3.08. The Balaban J connectivity index is 1.32. The van der Waals surface area contributed by atoms with Crippen molar-refractivity contribution in [1.82, 2.24) is 15.1 Å². The third kappa shape index (κ3) is 5.56. The van der Waals surface area contributed by atoms with E-state index in [1.807, 2.05) is 11.0 Å². The molecule has 0 bridgehead atoms. The molecule has 2 fully saturated rings. The molecule has 2 saturated heterocycles. The maximum absolute atomic E-state index is 12.3. The van der Waals surface area contributed by atoms with E-state index < -0.39 is 0 Å². The van der Waals surface area contributed by atoms with Gasteiger partial charge in [-0.1, -0.05) is 30.3 Å². The lowest BCUT2D eigenvalue weighted by molar-refractivity contribution is -0.130. The van der Waals surface area contributed by atoms with Crippen molar-refractivity contribution >= 4 is 11.8 Å². The van der Waals surface area contributed by atoms with E-state index in [9.17, 15) is 9.59 Å². The summed E-state index contributed by atoms with van der Waals surface area (Å²) in [6.07, 6.45) is 4.65. The normalized spacial score (nSPS) is 21.7. The Morgan fingerprint density at radius 1 is 1.08 bits per heavy atom. The van der Waals surface area contributed by atoms with Crippen LogP contribution in [0.2, 0.25) is 0 Å². The van der Waals surface area contributed by atoms with E-state index in [4.69, 9.17) is 0 Å². The maximum atomic E-state index is 12.3. The van der Waals surface area contributed by atoms with Crippen LogP contribution in [0.25, 0.3) is 0 Å². The van der Waals surface area contributed by atoms with Gasteiger partial charge in [0.2, 0.25) is 11.8 Å². The topological polar surface area (TPSA) is 52.7 Å². The van der Waals surface area contributed by atoms with Gasteiger partial charge in [-0.3, -0.25) is 14.5 Å². The van der Waals surface area contributed by atoms with Gasteiger partial charge in [0, 0.05) is 52.1 Å². The highest BCUT2D eigenvalue weighted by molar-refractivity contribution is 5.76. The molecule has 0 aliphatic carbocycles. The Bertz CT molecular complexity index is 597. The molecule has 142 valence electrons. The van der Waals surface area contributed by atoms with Gasteiger partial charge in [0.1, 0.15) is 0 Å². The number of likely N-dealkylation sites (tertiary alicyclic amines) is 2. The van der Waals surface area contributed by atoms with Crippen LogP contribution in [0.15, 0.2) is 30.3 Å². The van der Waals surface area contributed by atoms with E-state index in [1.54, 1.807) is 6.92 Å². The van der Waals surface area contributed by atoms with Crippen LogP contribution >= 0.6 is 0 Å². The van der Waals surface area contributed by atoms with Gasteiger partial charge >= 0.3 is 0 Å². The van der Waals surface area contributed by atoms with E-state index in [1.165, 1.54) is 5.56 Å². The molecule has 2 aliphatic rings. The Morgan fingerprint density at radius 2 is 1.81 bits per heavy atom. The van der Waals surface area contributed by atoms with E-state index in [0.29, 0.717) is 12.3 Å². The number of carbonyl (C=O) groups excluding carboxylic acids is 2. The van der Waals surface area contributed by atoms with E-state index in [0.717, 1.165) is 58.4 Å². The predicted octanol–water partition coefficient (Wildman–Crippen LogP) is 2.42. The van der Waals surface area contributed by atoms with Gasteiger partial charge in [0.25, 0.3) is 0 Å². The standard InChI is InChI=1S/C21H31N3O2/c1-17(25)24-13-9-18(10-14-24)7-8-21(26)22-20-11-12-23(16-20)15-19-5-3-2-4-6-19/h2-6,18,20H,7-16H2,1H3,(H,22,26). The Hall–Kier alpha value is -1.88. The summed E-state index contributed by atoms with van der Waals surface area (Å²) in [4.78, 5) is 28.0. The zero-order chi connectivity index (χ0) is 18.4. The SMILES string of the molecule is CC(=O)N1CCC(CCC(=O)NC2CCN(Cc3ccccc3)C2)CC1. The number of rotatable bonds is 6. The third-order valence-electron chi connectivity index (χ3n) is 5.73. The molecule has 2 aliphatic heterocycles. The summed E-state index contributed by atoms with van der Waals surface area (Å²) in [5.41, 5.74) is 1.33. The van der Waals surface area contributed by atoms with Crippen molar-refractivity contribution in [3.63, 3.8) is 0 Å². The fourth-order valence-electron chi connectivity index (χ4n) is 4.11. The molecule has 0 spiro atoms. The third-order valence-corrected chi connectivity index (χ3v) is 5.73. The second-order valence-electron chi connectivity index (χ2n) is 7.76. The second kappa shape index (κ2) is 9.17. The molecule has 0 saturated carbocycles. The number of benzene rings is 1. The first-order valence-corrected chi connectivity index (χ1v) is 9.91. The molecule has 5 nitrogen and oxygen atoms in total. The number of nitrogens with one attached hydrogen (secondary N) is 1. The molecule has 3 rings (SSSR count). The number of piperidine rings is 1. The number of nitrogens with zero attached hydrogens (tertiary/aromatic N) is 2. The molecule has 1 aromatic rings. The second-order valence-corrected chi connectivity index (χ2v) is 7.76. The van der Waals surface area contributed by atoms with Gasteiger partial charge in [0.15, 0.2) is 0 Å². The highest BCUT2D eigenvalue weighted by Gasteiger charge is 2.25. The van der Waals surface area contributed by atoms with Crippen molar-refractivity contribution < 1.29 is 9.59 Å². The molecule has 26 heavy (non-hydrogen) atoms. The Labute approximate surface area is 156 Å². The van der Waals surface area contributed by atoms with Crippen molar-refractivity contribution in [2.45, 2.75) is 51.6 Å². The molecular weight excluding hydrogens is 326 g/mol. The molecular formula is C21H31N3O2. The molecule has 0 radical (unpaired) electrons. The molecule has 2 heterocycles. The first kappa shape index (κ1) is 18.9. The predicted molar refractivity (Wildman–Crippen MR) is 102 cm³/mol. The maximum Gasteiger partial charge on any atom is 0.220 e. The molecule has 1 N–H and O–H groups in total. The van der Waals surface area contributed by atoms with Crippen LogP contribution in [0.5, 0.6) is 0 Å². The van der Waals surface area contributed by atoms with Gasteiger partial charge in [-0.2, -0.15) is 0 Å². The summed E-state index contributed by atoms with van der Waals surface area (Å²) in [6, 6.07) is 10.8. The monoisotopic (exact) mass is 357 g/mol. The largest absolute Gasteiger partial charge is 0.352 e. The van der Waals surface area contributed by atoms with Gasteiger partial charge in [-0.25, -0.2) is 0 Å². The van der Waals surface area contributed by atoms with Crippen LogP contribution in [0.4, 0.5) is 0 Å². The summed E-state index contributed by atoms with van der Waals surface area (Å²) in [5.74, 6) is 0.933. The number of hydrogen-bond donors (Lipinski definition) is 1. The summed E-state index contributed by atoms with van der Waals surface area (Å²) >= 11 is 0. The Kier molecular flexibility index (Phi) is 6.67. The minimum atomic E-state index is 0.169. The quantitative estimate of drug-likeness (QED) is 0.851. The van der Waals surface area contributed by atoms with Crippen LogP contribution in [0.1, 0.15) is 44.6 Å². The molecule has 0 aromatic heterocycles. The molecule has 1 atom stereocenters. The van der Waals surface area contributed by atoms with Crippen LogP contribution in [0, 0.1) is 5.92 Å². The van der Waals surface area contributed by atoms with E-state index >= 15 is 0 Å². The summed E-state index contributed by atoms with van der Waals surface area (Å²) in [7, 11) is 0. The molecule has 5 heteroatoms. The lowest BCUT2D eigenvalue weighted by Gasteiger charge is -2.31. The minimum Gasteiger partial charge on any atom is -0.352 e. The molecule has 1 aromatic carbocycles. The highest BCUT2D eigenvalue weighted by Crippen LogP contribution is 2.22. The first-order chi connectivity index (χ1) is 12.6. The average molecular weight is 357 g/mol. The zero-order valence-corrected chi connectivity index (χ0v) is 15.8. The van der Waals surface area contributed by atoms with Gasteiger partial charge in [-0.15, -0.1) is 0 Å². The zero-order valence-electron chi connectivity index (χ0n) is 15.8. The summed E-state index contributed by atoms with van der Waals surface area (Å²) in [6.45, 7) is 6.27. The smallest absolute Gasteiger partial charge is 0.220 e. The van der Waals surface area contributed by atoms with Crippen molar-refractivity contribution in [2.75, 3.05) is 26.2 Å².